The van der Waals surface area contributed by atoms with Crippen molar-refractivity contribution >= 4 is 64.2 Å². The molecule has 9 nitrogen and oxygen atoms in total. The van der Waals surface area contributed by atoms with Crippen LogP contribution in [0.25, 0.3) is 11.0 Å². The zero-order valence-electron chi connectivity index (χ0n) is 18.9. The minimum atomic E-state index is -0.459. The summed E-state index contributed by atoms with van der Waals surface area (Å²) in [6.45, 7) is 2.74. The van der Waals surface area contributed by atoms with E-state index in [0.29, 0.717) is 44.5 Å². The van der Waals surface area contributed by atoms with Crippen LogP contribution in [0.15, 0.2) is 62.5 Å². The van der Waals surface area contributed by atoms with Gasteiger partial charge in [-0.25, -0.2) is 9.78 Å². The van der Waals surface area contributed by atoms with Crippen LogP contribution in [0.3, 0.4) is 0 Å². The van der Waals surface area contributed by atoms with E-state index in [1.165, 1.54) is 11.8 Å². The van der Waals surface area contributed by atoms with Gasteiger partial charge in [0.05, 0.1) is 35.8 Å². The van der Waals surface area contributed by atoms with E-state index in [2.05, 4.69) is 25.6 Å². The van der Waals surface area contributed by atoms with E-state index in [9.17, 15) is 9.59 Å². The van der Waals surface area contributed by atoms with E-state index in [1.807, 2.05) is 18.2 Å². The summed E-state index contributed by atoms with van der Waals surface area (Å²) >= 11 is 7.42. The fourth-order valence-electron chi connectivity index (χ4n) is 4.52. The number of imidazole rings is 1. The second-order valence-electron chi connectivity index (χ2n) is 8.15. The van der Waals surface area contributed by atoms with Crippen molar-refractivity contribution < 1.29 is 18.7 Å². The lowest BCUT2D eigenvalue weighted by atomic mass is 9.82. The molecule has 0 aliphatic carbocycles. The van der Waals surface area contributed by atoms with Crippen molar-refractivity contribution in [3.8, 4) is 0 Å². The second kappa shape index (κ2) is 9.70. The lowest BCUT2D eigenvalue weighted by molar-refractivity contribution is -0.115. The number of aromatic nitrogens is 3. The zero-order valence-corrected chi connectivity index (χ0v) is 21.3. The predicted molar refractivity (Wildman–Crippen MR) is 138 cm³/mol. The third-order valence-corrected chi connectivity index (χ3v) is 7.03. The molecule has 2 aliphatic heterocycles. The van der Waals surface area contributed by atoms with Gasteiger partial charge in [0.25, 0.3) is 0 Å². The Morgan fingerprint density at radius 3 is 2.97 bits per heavy atom. The number of Topliss-reactive ketones (excluding diaryl/α,β-unsaturated/α-hetero) is 1. The largest absolute Gasteiger partial charge is 0.461 e. The van der Waals surface area contributed by atoms with Crippen molar-refractivity contribution in [2.75, 3.05) is 25.0 Å². The SMILES string of the molecule is CCOC(=O)c1[nH]cc2c1NC1=C(C(=O)CNC1)C2c1ccc(Sc2nc3cc(Cl)ccc3[nH]2)o1.Cl. The lowest BCUT2D eigenvalue weighted by Gasteiger charge is -2.31. The molecule has 0 amide bonds. The molecular formula is C24H21Cl2N5O4S. The number of ketones is 1. The van der Waals surface area contributed by atoms with Gasteiger partial charge in [0.15, 0.2) is 16.0 Å². The fourth-order valence-corrected chi connectivity index (χ4v) is 5.45. The van der Waals surface area contributed by atoms with E-state index in [1.54, 1.807) is 25.3 Å². The first kappa shape index (κ1) is 24.5. The summed E-state index contributed by atoms with van der Waals surface area (Å²) in [5.41, 5.74) is 4.68. The highest BCUT2D eigenvalue weighted by molar-refractivity contribution is 7.99. The number of carbonyl (C=O) groups excluding carboxylic acids is 2. The number of nitrogens with one attached hydrogen (secondary N) is 4. The summed E-state index contributed by atoms with van der Waals surface area (Å²) < 4.78 is 11.4. The number of ether oxygens (including phenoxy) is 1. The molecule has 1 unspecified atom stereocenters. The Morgan fingerprint density at radius 1 is 1.28 bits per heavy atom. The van der Waals surface area contributed by atoms with E-state index in [0.717, 1.165) is 22.3 Å². The zero-order chi connectivity index (χ0) is 24.1. The minimum absolute atomic E-state index is 0. The van der Waals surface area contributed by atoms with E-state index in [-0.39, 0.29) is 31.3 Å². The van der Waals surface area contributed by atoms with Crippen molar-refractivity contribution in [2.24, 2.45) is 0 Å². The number of furan rings is 1. The summed E-state index contributed by atoms with van der Waals surface area (Å²) in [6, 6.07) is 9.19. The van der Waals surface area contributed by atoms with Crippen LogP contribution in [0.5, 0.6) is 0 Å². The molecule has 36 heavy (non-hydrogen) atoms. The Hall–Kier alpha value is -3.18. The molecule has 0 saturated heterocycles. The van der Waals surface area contributed by atoms with Crippen LogP contribution in [0.4, 0.5) is 5.69 Å². The Labute approximate surface area is 220 Å². The third kappa shape index (κ3) is 4.20. The molecule has 2 aliphatic rings. The number of nitrogens with zero attached hydrogens (tertiary/aromatic N) is 1. The number of benzene rings is 1. The maximum absolute atomic E-state index is 13.0. The number of rotatable bonds is 5. The van der Waals surface area contributed by atoms with Gasteiger partial charge in [-0.05, 0) is 49.0 Å². The van der Waals surface area contributed by atoms with Crippen LogP contribution < -0.4 is 10.6 Å². The van der Waals surface area contributed by atoms with Crippen molar-refractivity contribution in [2.45, 2.75) is 23.1 Å². The number of fused-ring (bicyclic) bond motifs is 2. The van der Waals surface area contributed by atoms with Crippen LogP contribution in [-0.4, -0.2) is 46.4 Å². The molecule has 4 aromatic rings. The number of hydrogen-bond acceptors (Lipinski definition) is 8. The molecule has 186 valence electrons. The van der Waals surface area contributed by atoms with Crippen LogP contribution in [-0.2, 0) is 9.53 Å². The monoisotopic (exact) mass is 545 g/mol. The van der Waals surface area contributed by atoms with E-state index < -0.39 is 11.9 Å². The first-order valence-corrected chi connectivity index (χ1v) is 12.3. The summed E-state index contributed by atoms with van der Waals surface area (Å²) in [7, 11) is 0. The van der Waals surface area contributed by atoms with Gasteiger partial charge < -0.3 is 29.8 Å². The van der Waals surface area contributed by atoms with E-state index >= 15 is 0 Å². The number of aromatic amines is 2. The first-order valence-electron chi connectivity index (χ1n) is 11.1. The van der Waals surface area contributed by atoms with Crippen molar-refractivity contribution in [1.29, 1.82) is 0 Å². The molecule has 3 aromatic heterocycles. The Bertz CT molecular complexity index is 1520. The van der Waals surface area contributed by atoms with Gasteiger partial charge in [0.1, 0.15) is 11.5 Å². The molecule has 0 spiro atoms. The number of hydrogen-bond donors (Lipinski definition) is 4. The number of halogens is 2. The standard InChI is InChI=1S/C24H20ClN5O4S.ClH/c1-2-33-23(32)22-21-12(8-27-22)19(20-15(28-21)9-26-10-16(20)31)17-5-6-18(34-17)35-24-29-13-4-3-11(25)7-14(13)30-24;/h3-8,19,26-28H,2,9-10H2,1H3,(H,29,30);1H. The highest BCUT2D eigenvalue weighted by Gasteiger charge is 2.39. The molecule has 0 fully saturated rings. The van der Waals surface area contributed by atoms with Gasteiger partial charge in [-0.15, -0.1) is 12.4 Å². The smallest absolute Gasteiger partial charge is 0.356 e. The maximum Gasteiger partial charge on any atom is 0.356 e. The van der Waals surface area contributed by atoms with Gasteiger partial charge in [-0.2, -0.15) is 0 Å². The molecular weight excluding hydrogens is 525 g/mol. The molecule has 1 atom stereocenters. The Balaban J connectivity index is 0.00000267. The molecule has 12 heteroatoms. The molecule has 5 heterocycles. The number of esters is 1. The molecule has 0 radical (unpaired) electrons. The normalized spacial score (nSPS) is 16.8. The molecule has 1 aromatic carbocycles. The third-order valence-electron chi connectivity index (χ3n) is 5.99. The quantitative estimate of drug-likeness (QED) is 0.262. The maximum atomic E-state index is 13.0. The summed E-state index contributed by atoms with van der Waals surface area (Å²) in [6.07, 6.45) is 1.73. The summed E-state index contributed by atoms with van der Waals surface area (Å²) in [5, 5.41) is 8.28. The van der Waals surface area contributed by atoms with Crippen LogP contribution in [0.1, 0.15) is 34.7 Å². The molecule has 0 bridgehead atoms. The van der Waals surface area contributed by atoms with Crippen molar-refractivity contribution in [3.63, 3.8) is 0 Å². The van der Waals surface area contributed by atoms with Gasteiger partial charge in [-0.3, -0.25) is 4.79 Å². The second-order valence-corrected chi connectivity index (χ2v) is 9.58. The van der Waals surface area contributed by atoms with Crippen LogP contribution in [0.2, 0.25) is 5.02 Å². The summed E-state index contributed by atoms with van der Waals surface area (Å²) in [5.74, 6) is -0.335. The predicted octanol–water partition coefficient (Wildman–Crippen LogP) is 4.87. The topological polar surface area (TPSA) is 125 Å². The Morgan fingerprint density at radius 2 is 2.14 bits per heavy atom. The van der Waals surface area contributed by atoms with Gasteiger partial charge >= 0.3 is 5.97 Å². The number of carbonyl (C=O) groups is 2. The van der Waals surface area contributed by atoms with Crippen molar-refractivity contribution in [3.05, 3.63) is 69.8 Å². The minimum Gasteiger partial charge on any atom is -0.461 e. The van der Waals surface area contributed by atoms with Gasteiger partial charge in [0.2, 0.25) is 0 Å². The van der Waals surface area contributed by atoms with Crippen LogP contribution in [0, 0.1) is 0 Å². The first-order chi connectivity index (χ1) is 17.0. The van der Waals surface area contributed by atoms with E-state index in [4.69, 9.17) is 20.8 Å². The molecule has 0 saturated carbocycles. The van der Waals surface area contributed by atoms with Crippen LogP contribution >= 0.6 is 35.8 Å². The molecule has 6 rings (SSSR count). The summed E-state index contributed by atoms with van der Waals surface area (Å²) in [4.78, 5) is 36.3. The van der Waals surface area contributed by atoms with Gasteiger partial charge in [0, 0.05) is 34.6 Å². The number of H-pyrrole nitrogens is 2. The molecule has 4 N–H and O–H groups in total. The van der Waals surface area contributed by atoms with Gasteiger partial charge in [-0.1, -0.05) is 11.6 Å². The number of anilines is 1. The highest BCUT2D eigenvalue weighted by Crippen LogP contribution is 2.45. The average Bonchev–Trinajstić information content (AvgIpc) is 3.56. The highest BCUT2D eigenvalue weighted by atomic mass is 35.5. The fraction of sp³-hybridized carbons (Fsp3) is 0.208. The average molecular weight is 546 g/mol. The lowest BCUT2D eigenvalue weighted by Crippen LogP contribution is -2.39. The Kier molecular flexibility index (Phi) is 6.60. The van der Waals surface area contributed by atoms with Crippen molar-refractivity contribution in [1.82, 2.24) is 20.3 Å².